The summed E-state index contributed by atoms with van der Waals surface area (Å²) >= 11 is 0. The van der Waals surface area contributed by atoms with E-state index in [4.69, 9.17) is 39.9 Å². The molecule has 9 heteroatoms. The lowest BCUT2D eigenvalue weighted by Gasteiger charge is -2.08. The van der Waals surface area contributed by atoms with Gasteiger partial charge in [0.25, 0.3) is 0 Å². The summed E-state index contributed by atoms with van der Waals surface area (Å²) in [6.45, 7) is 3.72. The third-order valence-electron chi connectivity index (χ3n) is 2.20. The maximum Gasteiger partial charge on any atom is 0.327 e. The molecule has 0 aliphatic carbocycles. The molecule has 0 spiro atoms. The van der Waals surface area contributed by atoms with Crippen LogP contribution in [0.3, 0.4) is 0 Å². The van der Waals surface area contributed by atoms with Gasteiger partial charge in [0.1, 0.15) is 6.61 Å². The van der Waals surface area contributed by atoms with Crippen molar-refractivity contribution >= 4 is 7.60 Å². The van der Waals surface area contributed by atoms with Crippen LogP contribution in [0.2, 0.25) is 0 Å². The van der Waals surface area contributed by atoms with Gasteiger partial charge in [-0.1, -0.05) is 5.92 Å². The van der Waals surface area contributed by atoms with Gasteiger partial charge in [0.15, 0.2) is 0 Å². The predicted octanol–water partition coefficient (Wildman–Crippen LogP) is -0.120. The summed E-state index contributed by atoms with van der Waals surface area (Å²) < 4.78 is 36.3. The van der Waals surface area contributed by atoms with Crippen molar-refractivity contribution in [3.8, 4) is 12.3 Å². The van der Waals surface area contributed by atoms with Crippen molar-refractivity contribution in [2.75, 3.05) is 72.2 Å². The maximum atomic E-state index is 10.5. The Hall–Kier alpha value is -0.490. The Morgan fingerprint density at radius 3 is 1.45 bits per heavy atom. The lowest BCUT2D eigenvalue weighted by atomic mass is 10.7. The fourth-order valence-electron chi connectivity index (χ4n) is 1.19. The molecule has 0 rings (SSSR count). The van der Waals surface area contributed by atoms with Gasteiger partial charge < -0.3 is 33.5 Å². The normalized spacial score (nSPS) is 11.5. The molecular formula is C13H25O8P. The molecule has 0 radical (unpaired) electrons. The minimum absolute atomic E-state index is 0.0204. The summed E-state index contributed by atoms with van der Waals surface area (Å²) in [5.74, 6) is 2.36. The van der Waals surface area contributed by atoms with E-state index in [2.05, 4.69) is 5.92 Å². The lowest BCUT2D eigenvalue weighted by Crippen LogP contribution is -2.13. The molecule has 0 unspecified atom stereocenters. The number of hydrogen-bond donors (Lipinski definition) is 2. The van der Waals surface area contributed by atoms with Crippen LogP contribution >= 0.6 is 7.60 Å². The molecule has 0 saturated heterocycles. The third kappa shape index (κ3) is 19.5. The highest BCUT2D eigenvalue weighted by atomic mass is 31.2. The van der Waals surface area contributed by atoms with Crippen LogP contribution in [0.5, 0.6) is 0 Å². The van der Waals surface area contributed by atoms with Crippen LogP contribution in [0.4, 0.5) is 0 Å². The van der Waals surface area contributed by atoms with Crippen LogP contribution in [0, 0.1) is 12.3 Å². The zero-order chi connectivity index (χ0) is 16.5. The molecule has 8 nitrogen and oxygen atoms in total. The number of ether oxygens (including phenoxy) is 5. The minimum atomic E-state index is -3.97. The van der Waals surface area contributed by atoms with Crippen molar-refractivity contribution in [2.24, 2.45) is 0 Å². The van der Waals surface area contributed by atoms with E-state index in [1.54, 1.807) is 0 Å². The maximum absolute atomic E-state index is 10.5. The van der Waals surface area contributed by atoms with E-state index in [0.29, 0.717) is 59.5 Å². The molecule has 0 saturated carbocycles. The molecule has 0 aromatic heterocycles. The van der Waals surface area contributed by atoms with Gasteiger partial charge in [-0.3, -0.25) is 4.57 Å². The molecule has 130 valence electrons. The van der Waals surface area contributed by atoms with Crippen LogP contribution in [0.15, 0.2) is 0 Å². The van der Waals surface area contributed by atoms with Gasteiger partial charge in [0.2, 0.25) is 0 Å². The van der Waals surface area contributed by atoms with Gasteiger partial charge >= 0.3 is 7.60 Å². The highest BCUT2D eigenvalue weighted by molar-refractivity contribution is 7.51. The molecule has 0 heterocycles. The monoisotopic (exact) mass is 340 g/mol. The SMILES string of the molecule is C#CCOCCOCCOCCOCCOCCP(=O)(O)O. The zero-order valence-corrected chi connectivity index (χ0v) is 13.5. The first-order valence-electron chi connectivity index (χ1n) is 6.93. The average molecular weight is 340 g/mol. The Balaban J connectivity index is 3.03. The molecular weight excluding hydrogens is 315 g/mol. The molecule has 2 N–H and O–H groups in total. The van der Waals surface area contributed by atoms with Crippen LogP contribution < -0.4 is 0 Å². The third-order valence-corrected chi connectivity index (χ3v) is 2.97. The molecule has 0 fully saturated rings. The van der Waals surface area contributed by atoms with Gasteiger partial charge in [0, 0.05) is 0 Å². The first kappa shape index (κ1) is 21.5. The fourth-order valence-corrected chi connectivity index (χ4v) is 1.56. The predicted molar refractivity (Wildman–Crippen MR) is 79.8 cm³/mol. The second-order valence-corrected chi connectivity index (χ2v) is 5.87. The summed E-state index contributed by atoms with van der Waals surface area (Å²) in [6.07, 6.45) is 4.74. The smallest absolute Gasteiger partial charge is 0.327 e. The first-order chi connectivity index (χ1) is 10.6. The standard InChI is InChI=1S/C13H25O8P/c1-2-3-17-4-5-18-6-7-19-8-9-20-10-11-21-12-13-22(14,15)16/h1H,3-13H2,(H2,14,15,16). The molecule has 0 aromatic rings. The van der Waals surface area contributed by atoms with Crippen molar-refractivity contribution < 1.29 is 38.0 Å². The number of rotatable bonds is 16. The second kappa shape index (κ2) is 15.4. The van der Waals surface area contributed by atoms with Crippen LogP contribution in [-0.2, 0) is 28.2 Å². The van der Waals surface area contributed by atoms with Gasteiger partial charge in [-0.15, -0.1) is 6.42 Å². The first-order valence-corrected chi connectivity index (χ1v) is 8.73. The topological polar surface area (TPSA) is 104 Å². The summed E-state index contributed by atoms with van der Waals surface area (Å²) in [5, 5.41) is 0. The van der Waals surface area contributed by atoms with Gasteiger partial charge in [-0.2, -0.15) is 0 Å². The van der Waals surface area contributed by atoms with Crippen molar-refractivity contribution in [2.45, 2.75) is 0 Å². The largest absolute Gasteiger partial charge is 0.378 e. The molecule has 0 bridgehead atoms. The summed E-state index contributed by atoms with van der Waals surface area (Å²) in [4.78, 5) is 17.2. The summed E-state index contributed by atoms with van der Waals surface area (Å²) in [6, 6.07) is 0. The van der Waals surface area contributed by atoms with Gasteiger partial charge in [-0.05, 0) is 0 Å². The van der Waals surface area contributed by atoms with Crippen molar-refractivity contribution in [3.05, 3.63) is 0 Å². The molecule has 22 heavy (non-hydrogen) atoms. The fraction of sp³-hybridized carbons (Fsp3) is 0.846. The van der Waals surface area contributed by atoms with E-state index in [9.17, 15) is 4.57 Å². The highest BCUT2D eigenvalue weighted by Gasteiger charge is 2.11. The summed E-state index contributed by atoms with van der Waals surface area (Å²) in [7, 11) is -3.97. The van der Waals surface area contributed by atoms with E-state index in [0.717, 1.165) is 0 Å². The Bertz CT molecular complexity index is 324. The van der Waals surface area contributed by atoms with E-state index >= 15 is 0 Å². The molecule has 0 aliphatic rings. The van der Waals surface area contributed by atoms with E-state index in [1.807, 2.05) is 0 Å². The highest BCUT2D eigenvalue weighted by Crippen LogP contribution is 2.33. The number of terminal acetylenes is 1. The zero-order valence-electron chi connectivity index (χ0n) is 12.6. The van der Waals surface area contributed by atoms with Crippen molar-refractivity contribution in [1.82, 2.24) is 0 Å². The Morgan fingerprint density at radius 2 is 1.09 bits per heavy atom. The lowest BCUT2D eigenvalue weighted by molar-refractivity contribution is -0.00824. The van der Waals surface area contributed by atoms with Crippen LogP contribution in [0.1, 0.15) is 0 Å². The van der Waals surface area contributed by atoms with E-state index < -0.39 is 7.60 Å². The van der Waals surface area contributed by atoms with Crippen molar-refractivity contribution in [1.29, 1.82) is 0 Å². The van der Waals surface area contributed by atoms with Crippen LogP contribution in [-0.4, -0.2) is 82.0 Å². The molecule has 0 atom stereocenters. The quantitative estimate of drug-likeness (QED) is 0.228. The van der Waals surface area contributed by atoms with Gasteiger partial charge in [-0.25, -0.2) is 0 Å². The Labute approximate surface area is 131 Å². The minimum Gasteiger partial charge on any atom is -0.378 e. The molecule has 0 amide bonds. The van der Waals surface area contributed by atoms with Gasteiger partial charge in [0.05, 0.1) is 65.6 Å². The van der Waals surface area contributed by atoms with E-state index in [1.165, 1.54) is 0 Å². The Kier molecular flexibility index (Phi) is 15.1. The second-order valence-electron chi connectivity index (χ2n) is 4.09. The summed E-state index contributed by atoms with van der Waals surface area (Å²) in [5.41, 5.74) is 0. The van der Waals surface area contributed by atoms with Crippen molar-refractivity contribution in [3.63, 3.8) is 0 Å². The number of hydrogen-bond acceptors (Lipinski definition) is 6. The van der Waals surface area contributed by atoms with E-state index in [-0.39, 0.29) is 12.8 Å². The average Bonchev–Trinajstić information content (AvgIpc) is 2.45. The molecule has 0 aliphatic heterocycles. The molecule has 0 aromatic carbocycles. The Morgan fingerprint density at radius 1 is 0.727 bits per heavy atom. The van der Waals surface area contributed by atoms with Crippen LogP contribution in [0.25, 0.3) is 0 Å².